The van der Waals surface area contributed by atoms with E-state index >= 15 is 0 Å². The van der Waals surface area contributed by atoms with Crippen molar-refractivity contribution in [1.29, 1.82) is 0 Å². The Morgan fingerprint density at radius 3 is 1.67 bits per heavy atom. The van der Waals surface area contributed by atoms with Crippen molar-refractivity contribution in [2.24, 2.45) is 0 Å². The normalized spacial score (nSPS) is 31.5. The monoisotopic (exact) mass is 172 g/mol. The Bertz CT molecular complexity index is 161. The summed E-state index contributed by atoms with van der Waals surface area (Å²) in [6.45, 7) is 3.35. The van der Waals surface area contributed by atoms with Crippen molar-refractivity contribution in [3.63, 3.8) is 0 Å². The van der Waals surface area contributed by atoms with Crippen molar-refractivity contribution < 1.29 is 19.1 Å². The fourth-order valence-electron chi connectivity index (χ4n) is 1.10. The van der Waals surface area contributed by atoms with E-state index in [4.69, 9.17) is 9.47 Å². The molecule has 0 amide bonds. The summed E-state index contributed by atoms with van der Waals surface area (Å²) in [6.07, 6.45) is -0.429. The van der Waals surface area contributed by atoms with Crippen molar-refractivity contribution in [2.45, 2.75) is 38.9 Å². The maximum Gasteiger partial charge on any atom is 0.309 e. The summed E-state index contributed by atoms with van der Waals surface area (Å²) in [5.74, 6) is -0.606. The van der Waals surface area contributed by atoms with Gasteiger partial charge in [-0.25, -0.2) is 0 Å². The van der Waals surface area contributed by atoms with E-state index in [0.717, 1.165) is 0 Å². The van der Waals surface area contributed by atoms with Crippen molar-refractivity contribution in [3.05, 3.63) is 0 Å². The Morgan fingerprint density at radius 1 is 1.00 bits per heavy atom. The van der Waals surface area contributed by atoms with Gasteiger partial charge in [-0.05, 0) is 13.8 Å². The van der Waals surface area contributed by atoms with Crippen molar-refractivity contribution in [2.75, 3.05) is 0 Å². The van der Waals surface area contributed by atoms with Gasteiger partial charge in [0.05, 0.1) is 12.8 Å². The highest BCUT2D eigenvalue weighted by Gasteiger charge is 2.22. The number of hydrogen-bond donors (Lipinski definition) is 0. The van der Waals surface area contributed by atoms with Gasteiger partial charge in [0, 0.05) is 0 Å². The van der Waals surface area contributed by atoms with Gasteiger partial charge in [-0.1, -0.05) is 0 Å². The molecule has 1 aliphatic heterocycles. The highest BCUT2D eigenvalue weighted by molar-refractivity contribution is 5.75. The molecular weight excluding hydrogens is 160 g/mol. The van der Waals surface area contributed by atoms with Gasteiger partial charge in [-0.2, -0.15) is 0 Å². The first-order valence-corrected chi connectivity index (χ1v) is 3.97. The van der Waals surface area contributed by atoms with Gasteiger partial charge in [0.25, 0.3) is 0 Å². The molecule has 2 atom stereocenters. The van der Waals surface area contributed by atoms with Gasteiger partial charge in [-0.15, -0.1) is 0 Å². The Kier molecular flexibility index (Phi) is 2.68. The van der Waals surface area contributed by atoms with Gasteiger partial charge in [0.2, 0.25) is 0 Å². The third kappa shape index (κ3) is 2.53. The summed E-state index contributed by atoms with van der Waals surface area (Å²) in [5, 5.41) is 0. The molecule has 4 nitrogen and oxygen atoms in total. The maximum absolute atomic E-state index is 10.9. The van der Waals surface area contributed by atoms with Crippen LogP contribution in [0.15, 0.2) is 0 Å². The first-order valence-electron chi connectivity index (χ1n) is 3.97. The Hall–Kier alpha value is -1.06. The predicted molar refractivity (Wildman–Crippen MR) is 40.3 cm³/mol. The van der Waals surface area contributed by atoms with E-state index in [2.05, 4.69) is 0 Å². The topological polar surface area (TPSA) is 52.6 Å². The molecule has 1 fully saturated rings. The molecule has 0 radical (unpaired) electrons. The standard InChI is InChI=1S/C8H12O4/c1-5-3-7(9)12-6(2)4-8(10)11-5/h5-6H,3-4H2,1-2H3. The minimum absolute atomic E-state index is 0.149. The lowest BCUT2D eigenvalue weighted by atomic mass is 10.2. The SMILES string of the molecule is CC1CC(=O)OC(C)CC(=O)O1. The molecule has 0 N–H and O–H groups in total. The highest BCUT2D eigenvalue weighted by atomic mass is 16.6. The van der Waals surface area contributed by atoms with Gasteiger partial charge < -0.3 is 9.47 Å². The van der Waals surface area contributed by atoms with Crippen LogP contribution in [0.2, 0.25) is 0 Å². The van der Waals surface area contributed by atoms with E-state index in [1.54, 1.807) is 13.8 Å². The molecule has 0 aromatic heterocycles. The van der Waals surface area contributed by atoms with Crippen molar-refractivity contribution in [1.82, 2.24) is 0 Å². The molecule has 1 saturated heterocycles. The van der Waals surface area contributed by atoms with Crippen LogP contribution in [0.5, 0.6) is 0 Å². The lowest BCUT2D eigenvalue weighted by molar-refractivity contribution is -0.166. The number of cyclic esters (lactones) is 2. The van der Waals surface area contributed by atoms with E-state index in [1.807, 2.05) is 0 Å². The lowest BCUT2D eigenvalue weighted by Gasteiger charge is -2.20. The zero-order valence-electron chi connectivity index (χ0n) is 7.20. The summed E-state index contributed by atoms with van der Waals surface area (Å²) in [4.78, 5) is 21.9. The van der Waals surface area contributed by atoms with Crippen LogP contribution >= 0.6 is 0 Å². The molecule has 0 aliphatic carbocycles. The molecule has 1 aliphatic rings. The number of rotatable bonds is 0. The number of ether oxygens (including phenoxy) is 2. The summed E-state index contributed by atoms with van der Waals surface area (Å²) >= 11 is 0. The van der Waals surface area contributed by atoms with Crippen LogP contribution in [-0.4, -0.2) is 24.1 Å². The summed E-state index contributed by atoms with van der Waals surface area (Å²) in [6, 6.07) is 0. The average molecular weight is 172 g/mol. The average Bonchev–Trinajstić information content (AvgIpc) is 1.81. The Labute approximate surface area is 70.8 Å². The molecule has 0 aromatic carbocycles. The van der Waals surface area contributed by atoms with Crippen LogP contribution in [0.3, 0.4) is 0 Å². The van der Waals surface area contributed by atoms with Gasteiger partial charge >= 0.3 is 11.9 Å². The molecule has 0 spiro atoms. The third-order valence-corrected chi connectivity index (χ3v) is 1.57. The zero-order valence-corrected chi connectivity index (χ0v) is 7.20. The molecule has 1 rings (SSSR count). The van der Waals surface area contributed by atoms with E-state index < -0.39 is 0 Å². The van der Waals surface area contributed by atoms with Crippen LogP contribution in [0.25, 0.3) is 0 Å². The maximum atomic E-state index is 10.9. The van der Waals surface area contributed by atoms with Crippen LogP contribution < -0.4 is 0 Å². The fourth-order valence-corrected chi connectivity index (χ4v) is 1.10. The molecular formula is C8H12O4. The first kappa shape index (κ1) is 9.03. The number of carbonyl (C=O) groups is 2. The number of hydrogen-bond acceptors (Lipinski definition) is 4. The van der Waals surface area contributed by atoms with E-state index in [1.165, 1.54) is 0 Å². The number of carbonyl (C=O) groups excluding carboxylic acids is 2. The second kappa shape index (κ2) is 3.56. The Morgan fingerprint density at radius 2 is 1.33 bits per heavy atom. The van der Waals surface area contributed by atoms with Crippen LogP contribution in [-0.2, 0) is 19.1 Å². The molecule has 2 unspecified atom stereocenters. The minimum atomic E-state index is -0.363. The summed E-state index contributed by atoms with van der Waals surface area (Å²) in [7, 11) is 0. The predicted octanol–water partition coefficient (Wildman–Crippen LogP) is 0.644. The molecule has 0 bridgehead atoms. The van der Waals surface area contributed by atoms with Crippen LogP contribution in [0, 0.1) is 0 Å². The minimum Gasteiger partial charge on any atom is -0.462 e. The smallest absolute Gasteiger partial charge is 0.309 e. The quantitative estimate of drug-likeness (QED) is 0.503. The van der Waals surface area contributed by atoms with Gasteiger partial charge in [0.1, 0.15) is 12.2 Å². The third-order valence-electron chi connectivity index (χ3n) is 1.57. The van der Waals surface area contributed by atoms with E-state index in [9.17, 15) is 9.59 Å². The molecule has 0 saturated carbocycles. The van der Waals surface area contributed by atoms with Gasteiger partial charge in [0.15, 0.2) is 0 Å². The van der Waals surface area contributed by atoms with Crippen LogP contribution in [0.1, 0.15) is 26.7 Å². The second-order valence-electron chi connectivity index (χ2n) is 3.01. The Balaban J connectivity index is 2.57. The van der Waals surface area contributed by atoms with Gasteiger partial charge in [-0.3, -0.25) is 9.59 Å². The summed E-state index contributed by atoms with van der Waals surface area (Å²) < 4.78 is 9.78. The zero-order chi connectivity index (χ0) is 9.14. The molecule has 4 heteroatoms. The van der Waals surface area contributed by atoms with E-state index in [-0.39, 0.29) is 37.0 Å². The van der Waals surface area contributed by atoms with Crippen LogP contribution in [0.4, 0.5) is 0 Å². The largest absolute Gasteiger partial charge is 0.462 e. The molecule has 0 aromatic rings. The highest BCUT2D eigenvalue weighted by Crippen LogP contribution is 2.10. The molecule has 12 heavy (non-hydrogen) atoms. The summed E-state index contributed by atoms with van der Waals surface area (Å²) in [5.41, 5.74) is 0. The lowest BCUT2D eigenvalue weighted by Crippen LogP contribution is -2.29. The van der Waals surface area contributed by atoms with E-state index in [0.29, 0.717) is 0 Å². The first-order chi connectivity index (χ1) is 5.58. The molecule has 68 valence electrons. The fraction of sp³-hybridized carbons (Fsp3) is 0.750. The van der Waals surface area contributed by atoms with Crippen molar-refractivity contribution in [3.8, 4) is 0 Å². The van der Waals surface area contributed by atoms with Crippen molar-refractivity contribution >= 4 is 11.9 Å². The second-order valence-corrected chi connectivity index (χ2v) is 3.01. The molecule has 1 heterocycles. The number of esters is 2.